The molecule has 8 heteroatoms. The molecule has 1 fully saturated rings. The molecule has 1 saturated heterocycles. The molecule has 1 aliphatic heterocycles. The Kier molecular flexibility index (Phi) is 8.27. The van der Waals surface area contributed by atoms with Gasteiger partial charge in [0.05, 0.1) is 20.8 Å². The molecule has 0 saturated carbocycles. The number of benzene rings is 2. The zero-order chi connectivity index (χ0) is 21.2. The third-order valence-electron chi connectivity index (χ3n) is 4.35. The van der Waals surface area contributed by atoms with E-state index in [9.17, 15) is 9.18 Å². The van der Waals surface area contributed by atoms with E-state index in [0.717, 1.165) is 5.56 Å². The van der Waals surface area contributed by atoms with Crippen LogP contribution in [0.1, 0.15) is 22.3 Å². The largest absolute Gasteiger partial charge is 0.493 e. The number of rotatable bonds is 6. The van der Waals surface area contributed by atoms with E-state index >= 15 is 0 Å². The van der Waals surface area contributed by atoms with Crippen molar-refractivity contribution in [3.8, 4) is 17.2 Å². The third kappa shape index (κ3) is 5.84. The molecule has 1 amide bonds. The molecule has 1 N–H and O–H groups in total. The summed E-state index contributed by atoms with van der Waals surface area (Å²) >= 11 is 0. The number of likely N-dealkylation sites (tertiary alicyclic amines) is 1. The Bertz CT molecular complexity index is 789. The summed E-state index contributed by atoms with van der Waals surface area (Å²) in [6, 6.07) is 12.9. The van der Waals surface area contributed by atoms with E-state index < -0.39 is 6.17 Å². The highest BCUT2D eigenvalue weighted by molar-refractivity contribution is 5.95. The van der Waals surface area contributed by atoms with Crippen molar-refractivity contribution >= 4 is 12.4 Å². The van der Waals surface area contributed by atoms with Crippen LogP contribution in [0.15, 0.2) is 42.5 Å². The average molecular weight is 405 g/mol. The van der Waals surface area contributed by atoms with Crippen molar-refractivity contribution in [2.24, 2.45) is 0 Å². The summed E-state index contributed by atoms with van der Waals surface area (Å²) in [6.07, 6.45) is -0.589. The van der Waals surface area contributed by atoms with Crippen LogP contribution in [0.2, 0.25) is 0 Å². The summed E-state index contributed by atoms with van der Waals surface area (Å²) in [6.45, 7) is 0.628. The number of methoxy groups -OCH3 is 2. The van der Waals surface area contributed by atoms with Crippen LogP contribution in [0, 0.1) is 0 Å². The van der Waals surface area contributed by atoms with Crippen LogP contribution >= 0.6 is 0 Å². The number of hydrogen-bond acceptors (Lipinski definition) is 5. The molecule has 1 aliphatic rings. The Balaban J connectivity index is 0.000000941. The van der Waals surface area contributed by atoms with Crippen molar-refractivity contribution in [2.45, 2.75) is 19.2 Å². The van der Waals surface area contributed by atoms with Gasteiger partial charge in [0.15, 0.2) is 11.5 Å². The van der Waals surface area contributed by atoms with E-state index in [1.54, 1.807) is 12.1 Å². The standard InChI is InChI=1S/C20H22FNO4.CH2O2/c1-24-17-10-15(20(23)22-9-8-16(21)12-22)11-18(25-2)19(17)26-13-14-6-4-3-5-7-14;2-1-3/h3-7,10-11,16H,8-9,12-13H2,1-2H3;1H,(H,2,3)/t16-;/m1./s1. The molecule has 2 aromatic rings. The molecule has 0 aliphatic carbocycles. The molecule has 1 heterocycles. The van der Waals surface area contributed by atoms with Gasteiger partial charge in [0, 0.05) is 12.1 Å². The lowest BCUT2D eigenvalue weighted by atomic mass is 10.1. The van der Waals surface area contributed by atoms with Gasteiger partial charge in [0.1, 0.15) is 12.8 Å². The molecule has 0 bridgehead atoms. The number of nitrogens with zero attached hydrogens (tertiary/aromatic N) is 1. The number of carboxylic acid groups (broad SMARTS) is 1. The second kappa shape index (κ2) is 10.9. The van der Waals surface area contributed by atoms with Crippen molar-refractivity contribution in [3.05, 3.63) is 53.6 Å². The van der Waals surface area contributed by atoms with Gasteiger partial charge in [-0.25, -0.2) is 4.39 Å². The predicted octanol–water partition coefficient (Wildman–Crippen LogP) is 3.17. The van der Waals surface area contributed by atoms with Crippen molar-refractivity contribution in [3.63, 3.8) is 0 Å². The summed E-state index contributed by atoms with van der Waals surface area (Å²) in [7, 11) is 3.01. The normalized spacial score (nSPS) is 15.1. The summed E-state index contributed by atoms with van der Waals surface area (Å²) in [5, 5.41) is 6.89. The lowest BCUT2D eigenvalue weighted by molar-refractivity contribution is -0.122. The van der Waals surface area contributed by atoms with Crippen molar-refractivity contribution in [2.75, 3.05) is 27.3 Å². The van der Waals surface area contributed by atoms with Crippen LogP contribution < -0.4 is 14.2 Å². The fraction of sp³-hybridized carbons (Fsp3) is 0.333. The number of alkyl halides is 1. The van der Waals surface area contributed by atoms with E-state index in [1.165, 1.54) is 19.1 Å². The fourth-order valence-electron chi connectivity index (χ4n) is 2.96. The second-order valence-electron chi connectivity index (χ2n) is 6.23. The van der Waals surface area contributed by atoms with E-state index in [-0.39, 0.29) is 18.9 Å². The van der Waals surface area contributed by atoms with Gasteiger partial charge >= 0.3 is 0 Å². The first kappa shape index (κ1) is 22.0. The van der Waals surface area contributed by atoms with Gasteiger partial charge in [-0.15, -0.1) is 0 Å². The second-order valence-corrected chi connectivity index (χ2v) is 6.23. The van der Waals surface area contributed by atoms with Crippen LogP contribution in [0.4, 0.5) is 4.39 Å². The minimum Gasteiger partial charge on any atom is -0.493 e. The lowest BCUT2D eigenvalue weighted by Gasteiger charge is -2.19. The molecule has 29 heavy (non-hydrogen) atoms. The quantitative estimate of drug-likeness (QED) is 0.743. The Morgan fingerprint density at radius 1 is 1.21 bits per heavy atom. The Labute approximate surface area is 168 Å². The molecule has 0 aromatic heterocycles. The van der Waals surface area contributed by atoms with E-state index in [1.807, 2.05) is 30.3 Å². The maximum atomic E-state index is 13.4. The third-order valence-corrected chi connectivity index (χ3v) is 4.35. The molecule has 2 aromatic carbocycles. The summed E-state index contributed by atoms with van der Waals surface area (Å²) in [5.41, 5.74) is 1.39. The number of amides is 1. The number of ether oxygens (including phenoxy) is 3. The number of carbonyl (C=O) groups is 2. The van der Waals surface area contributed by atoms with Gasteiger partial charge in [0.2, 0.25) is 5.75 Å². The molecular weight excluding hydrogens is 381 g/mol. The molecule has 7 nitrogen and oxygen atoms in total. The predicted molar refractivity (Wildman–Crippen MR) is 104 cm³/mol. The van der Waals surface area contributed by atoms with Crippen LogP contribution in [0.25, 0.3) is 0 Å². The van der Waals surface area contributed by atoms with Gasteiger partial charge in [0.25, 0.3) is 12.4 Å². The number of hydrogen-bond donors (Lipinski definition) is 1. The highest BCUT2D eigenvalue weighted by Gasteiger charge is 2.28. The molecule has 3 rings (SSSR count). The van der Waals surface area contributed by atoms with E-state index in [2.05, 4.69) is 0 Å². The highest BCUT2D eigenvalue weighted by Crippen LogP contribution is 2.39. The monoisotopic (exact) mass is 405 g/mol. The zero-order valence-electron chi connectivity index (χ0n) is 16.3. The highest BCUT2D eigenvalue weighted by atomic mass is 19.1. The smallest absolute Gasteiger partial charge is 0.290 e. The topological polar surface area (TPSA) is 85.3 Å². The van der Waals surface area contributed by atoms with E-state index in [4.69, 9.17) is 24.1 Å². The first-order chi connectivity index (χ1) is 14.0. The first-order valence-electron chi connectivity index (χ1n) is 8.98. The van der Waals surface area contributed by atoms with Gasteiger partial charge in [-0.1, -0.05) is 30.3 Å². The SMILES string of the molecule is COc1cc(C(=O)N2CC[C@@H](F)C2)cc(OC)c1OCc1ccccc1.O=CO. The minimum absolute atomic E-state index is 0.121. The Hall–Kier alpha value is -3.29. The summed E-state index contributed by atoms with van der Waals surface area (Å²) < 4.78 is 30.1. The molecule has 1 atom stereocenters. The summed E-state index contributed by atoms with van der Waals surface area (Å²) in [4.78, 5) is 22.5. The minimum atomic E-state index is -0.962. The van der Waals surface area contributed by atoms with Crippen LogP contribution in [-0.2, 0) is 11.4 Å². The van der Waals surface area contributed by atoms with Gasteiger partial charge in [-0.2, -0.15) is 0 Å². The number of carbonyl (C=O) groups excluding carboxylic acids is 1. The molecule has 0 spiro atoms. The van der Waals surface area contributed by atoms with Gasteiger partial charge in [-0.05, 0) is 24.1 Å². The maximum absolute atomic E-state index is 13.4. The van der Waals surface area contributed by atoms with Crippen molar-refractivity contribution < 1.29 is 33.3 Å². The Morgan fingerprint density at radius 3 is 2.28 bits per heavy atom. The molecule has 0 radical (unpaired) electrons. The van der Waals surface area contributed by atoms with Crippen molar-refractivity contribution in [1.82, 2.24) is 4.90 Å². The van der Waals surface area contributed by atoms with Crippen LogP contribution in [-0.4, -0.2) is 55.9 Å². The average Bonchev–Trinajstić information content (AvgIpc) is 3.18. The fourth-order valence-corrected chi connectivity index (χ4v) is 2.96. The van der Waals surface area contributed by atoms with Gasteiger partial charge < -0.3 is 24.2 Å². The van der Waals surface area contributed by atoms with Crippen LogP contribution in [0.5, 0.6) is 17.2 Å². The van der Waals surface area contributed by atoms with Crippen molar-refractivity contribution in [1.29, 1.82) is 0 Å². The van der Waals surface area contributed by atoms with E-state index in [0.29, 0.717) is 42.4 Å². The number of halogens is 1. The molecule has 0 unspecified atom stereocenters. The Morgan fingerprint density at radius 2 is 1.79 bits per heavy atom. The lowest BCUT2D eigenvalue weighted by Crippen LogP contribution is -2.29. The maximum Gasteiger partial charge on any atom is 0.290 e. The zero-order valence-corrected chi connectivity index (χ0v) is 16.3. The summed E-state index contributed by atoms with van der Waals surface area (Å²) in [5.74, 6) is 0.996. The molecule has 156 valence electrons. The van der Waals surface area contributed by atoms with Crippen LogP contribution in [0.3, 0.4) is 0 Å². The first-order valence-corrected chi connectivity index (χ1v) is 8.98. The van der Waals surface area contributed by atoms with Gasteiger partial charge in [-0.3, -0.25) is 9.59 Å². The molecular formula is C21H24FNO6.